The van der Waals surface area contributed by atoms with Crippen LogP contribution in [0.1, 0.15) is 53.1 Å². The molecule has 0 aliphatic rings. The van der Waals surface area contributed by atoms with Gasteiger partial charge in [0.15, 0.2) is 0 Å². The Labute approximate surface area is 196 Å². The van der Waals surface area contributed by atoms with Gasteiger partial charge in [-0.3, -0.25) is 0 Å². The van der Waals surface area contributed by atoms with Gasteiger partial charge in [-0.1, -0.05) is 37.0 Å². The summed E-state index contributed by atoms with van der Waals surface area (Å²) in [6.45, 7) is 3.84. The molecule has 168 valence electrons. The number of hydrogen-bond acceptors (Lipinski definition) is 1. The summed E-state index contributed by atoms with van der Waals surface area (Å²) in [7, 11) is 0. The Hall–Kier alpha value is -3.15. The Morgan fingerprint density at radius 2 is 1.39 bits per heavy atom. The minimum atomic E-state index is -0.667. The van der Waals surface area contributed by atoms with Crippen molar-refractivity contribution in [2.45, 2.75) is 38.0 Å². The fraction of sp³-hybridized carbons (Fsp3) is 0.214. The molecule has 5 heteroatoms. The van der Waals surface area contributed by atoms with Gasteiger partial charge in [0.2, 0.25) is 0 Å². The number of benzene rings is 3. The van der Waals surface area contributed by atoms with Crippen LogP contribution < -0.4 is 0 Å². The first kappa shape index (κ1) is 24.5. The molecule has 0 fully saturated rings. The molecule has 33 heavy (non-hydrogen) atoms. The predicted molar refractivity (Wildman–Crippen MR) is 126 cm³/mol. The maximum atomic E-state index is 14.3. The van der Waals surface area contributed by atoms with Crippen molar-refractivity contribution in [2.75, 3.05) is 6.26 Å². The summed E-state index contributed by atoms with van der Waals surface area (Å²) in [6, 6.07) is 10.2. The predicted octanol–water partition coefficient (Wildman–Crippen LogP) is 7.42. The summed E-state index contributed by atoms with van der Waals surface area (Å²) in [6.07, 6.45) is 4.04. The van der Waals surface area contributed by atoms with E-state index in [1.54, 1.807) is 24.5 Å². The molecule has 0 unspecified atom stereocenters. The van der Waals surface area contributed by atoms with E-state index in [2.05, 4.69) is 23.7 Å². The third kappa shape index (κ3) is 6.21. The number of aryl methyl sites for hydroxylation is 2. The topological polar surface area (TPSA) is 0 Å². The van der Waals surface area contributed by atoms with Gasteiger partial charge in [0.1, 0.15) is 23.3 Å². The summed E-state index contributed by atoms with van der Waals surface area (Å²) >= 11 is 0.999. The molecule has 3 aromatic carbocycles. The van der Waals surface area contributed by atoms with Crippen LogP contribution in [-0.4, -0.2) is 6.26 Å². The van der Waals surface area contributed by atoms with E-state index in [9.17, 15) is 17.6 Å². The normalized spacial score (nSPS) is 10.3. The zero-order chi connectivity index (χ0) is 24.0. The van der Waals surface area contributed by atoms with E-state index in [4.69, 9.17) is 0 Å². The van der Waals surface area contributed by atoms with Gasteiger partial charge in [0.05, 0.1) is 10.5 Å². The summed E-state index contributed by atoms with van der Waals surface area (Å²) in [4.78, 5) is -0.0388. The van der Waals surface area contributed by atoms with E-state index in [0.29, 0.717) is 23.1 Å². The Kier molecular flexibility index (Phi) is 8.26. The second-order valence-corrected chi connectivity index (χ2v) is 8.36. The van der Waals surface area contributed by atoms with E-state index in [1.165, 1.54) is 24.3 Å². The van der Waals surface area contributed by atoms with Gasteiger partial charge in [-0.25, -0.2) is 17.6 Å². The highest BCUT2D eigenvalue weighted by atomic mass is 32.2. The fourth-order valence-electron chi connectivity index (χ4n) is 3.25. The molecule has 0 heterocycles. The molecule has 0 aromatic heterocycles. The van der Waals surface area contributed by atoms with Crippen molar-refractivity contribution in [3.8, 4) is 23.7 Å². The molecule has 0 N–H and O–H groups in total. The average Bonchev–Trinajstić information content (AvgIpc) is 2.76. The lowest BCUT2D eigenvalue weighted by Crippen LogP contribution is -1.95. The van der Waals surface area contributed by atoms with Crippen LogP contribution in [0.2, 0.25) is 0 Å². The van der Waals surface area contributed by atoms with Crippen LogP contribution in [0.15, 0.2) is 47.4 Å². The molecule has 0 aliphatic heterocycles. The lowest BCUT2D eigenvalue weighted by molar-refractivity contribution is 0.540. The monoisotopic (exact) mass is 466 g/mol. The van der Waals surface area contributed by atoms with Crippen LogP contribution in [0.4, 0.5) is 17.6 Å². The van der Waals surface area contributed by atoms with E-state index in [-0.39, 0.29) is 16.0 Å². The van der Waals surface area contributed by atoms with Gasteiger partial charge in [-0.15, -0.1) is 11.8 Å². The first-order valence-electron chi connectivity index (χ1n) is 10.5. The molecule has 0 radical (unpaired) electrons. The molecule has 0 aliphatic carbocycles. The average molecular weight is 467 g/mol. The summed E-state index contributed by atoms with van der Waals surface area (Å²) in [5.74, 6) is 8.43. The van der Waals surface area contributed by atoms with Crippen molar-refractivity contribution >= 4 is 11.8 Å². The Balaban J connectivity index is 1.83. The quantitative estimate of drug-likeness (QED) is 0.219. The zero-order valence-electron chi connectivity index (χ0n) is 18.6. The molecule has 0 spiro atoms. The van der Waals surface area contributed by atoms with E-state index in [0.717, 1.165) is 30.2 Å². The third-order valence-corrected chi connectivity index (χ3v) is 5.82. The second-order valence-electron chi connectivity index (χ2n) is 7.54. The maximum Gasteiger partial charge on any atom is 0.142 e. The van der Waals surface area contributed by atoms with Crippen LogP contribution in [-0.2, 0) is 6.42 Å². The van der Waals surface area contributed by atoms with Crippen molar-refractivity contribution in [3.05, 3.63) is 99.1 Å². The van der Waals surface area contributed by atoms with Crippen LogP contribution in [0.25, 0.3) is 0 Å². The summed E-state index contributed by atoms with van der Waals surface area (Å²) in [5, 5.41) is 0. The summed E-state index contributed by atoms with van der Waals surface area (Å²) in [5.41, 5.74) is 2.63. The third-order valence-electron chi connectivity index (χ3n) is 5.02. The van der Waals surface area contributed by atoms with Crippen molar-refractivity contribution in [2.24, 2.45) is 0 Å². The number of hydrogen-bond donors (Lipinski definition) is 0. The molecule has 0 nitrogen and oxygen atoms in total. The molecule has 0 bridgehead atoms. The Bertz CT molecular complexity index is 1260. The van der Waals surface area contributed by atoms with Gasteiger partial charge < -0.3 is 0 Å². The number of unbranched alkanes of at least 4 members (excludes halogenated alkanes) is 1. The molecule has 0 saturated carbocycles. The largest absolute Gasteiger partial charge is 0.206 e. The lowest BCUT2D eigenvalue weighted by Gasteiger charge is -2.04. The van der Waals surface area contributed by atoms with Crippen molar-refractivity contribution < 1.29 is 17.6 Å². The molecular weight excluding hydrogens is 444 g/mol. The molecule has 0 amide bonds. The molecule has 3 rings (SSSR count). The zero-order valence-corrected chi connectivity index (χ0v) is 19.4. The minimum absolute atomic E-state index is 0.0388. The van der Waals surface area contributed by atoms with Gasteiger partial charge in [0.25, 0.3) is 0 Å². The first-order valence-corrected chi connectivity index (χ1v) is 11.7. The summed E-state index contributed by atoms with van der Waals surface area (Å²) < 4.78 is 56.5. The fourth-order valence-corrected chi connectivity index (χ4v) is 3.76. The smallest absolute Gasteiger partial charge is 0.142 e. The maximum absolute atomic E-state index is 14.3. The Morgan fingerprint density at radius 3 is 1.97 bits per heavy atom. The van der Waals surface area contributed by atoms with Crippen LogP contribution >= 0.6 is 11.8 Å². The molecule has 0 atom stereocenters. The first-order chi connectivity index (χ1) is 15.8. The second kappa shape index (κ2) is 11.1. The van der Waals surface area contributed by atoms with Crippen LogP contribution in [0.3, 0.4) is 0 Å². The lowest BCUT2D eigenvalue weighted by atomic mass is 10.0. The van der Waals surface area contributed by atoms with Crippen LogP contribution in [0, 0.1) is 53.9 Å². The van der Waals surface area contributed by atoms with Crippen molar-refractivity contribution in [1.82, 2.24) is 0 Å². The van der Waals surface area contributed by atoms with E-state index in [1.807, 2.05) is 13.8 Å². The minimum Gasteiger partial charge on any atom is -0.206 e. The van der Waals surface area contributed by atoms with Gasteiger partial charge in [0, 0.05) is 16.7 Å². The SMILES string of the molecule is CCCCc1cc(F)c(C#Cc2ccc(C#Cc3cc(F)c(SC)c(F)c3)c(C)c2)c(F)c1. The molecular formula is C28H22F4S. The van der Waals surface area contributed by atoms with Gasteiger partial charge in [-0.05, 0) is 79.6 Å². The number of rotatable bonds is 4. The standard InChI is InChI=1S/C28H22F4S/c1-4-5-6-20-14-24(29)23(25(30)15-20)12-9-19-7-10-22(18(2)13-19)11-8-21-16-26(31)28(33-3)27(32)17-21/h7,10,13-17H,4-6H2,1-3H3. The molecule has 3 aromatic rings. The van der Waals surface area contributed by atoms with E-state index >= 15 is 0 Å². The Morgan fingerprint density at radius 1 is 0.758 bits per heavy atom. The highest BCUT2D eigenvalue weighted by Gasteiger charge is 2.10. The highest BCUT2D eigenvalue weighted by molar-refractivity contribution is 7.98. The number of halogens is 4. The number of thioether (sulfide) groups is 1. The van der Waals surface area contributed by atoms with Crippen molar-refractivity contribution in [3.63, 3.8) is 0 Å². The van der Waals surface area contributed by atoms with Crippen LogP contribution in [0.5, 0.6) is 0 Å². The van der Waals surface area contributed by atoms with Gasteiger partial charge >= 0.3 is 0 Å². The highest BCUT2D eigenvalue weighted by Crippen LogP contribution is 2.24. The molecule has 0 saturated heterocycles. The van der Waals surface area contributed by atoms with Crippen molar-refractivity contribution in [1.29, 1.82) is 0 Å². The van der Waals surface area contributed by atoms with Gasteiger partial charge in [-0.2, -0.15) is 0 Å². The van der Waals surface area contributed by atoms with E-state index < -0.39 is 23.3 Å².